The van der Waals surface area contributed by atoms with E-state index < -0.39 is 0 Å². The fraction of sp³-hybridized carbons (Fsp3) is 0.200. The van der Waals surface area contributed by atoms with Crippen molar-refractivity contribution in [2.24, 2.45) is 5.10 Å². The normalized spacial score (nSPS) is 16.3. The highest BCUT2D eigenvalue weighted by molar-refractivity contribution is 7.10. The van der Waals surface area contributed by atoms with Crippen molar-refractivity contribution < 1.29 is 18.7 Å². The monoisotopic (exact) mass is 382 g/mol. The molecule has 0 radical (unpaired) electrons. The predicted molar refractivity (Wildman–Crippen MR) is 103 cm³/mol. The Hall–Kier alpha value is -3.06. The quantitative estimate of drug-likeness (QED) is 0.658. The van der Waals surface area contributed by atoms with Crippen LogP contribution in [0.2, 0.25) is 0 Å². The third kappa shape index (κ3) is 3.21. The van der Waals surface area contributed by atoms with Crippen LogP contribution in [0.5, 0.6) is 11.5 Å². The smallest absolute Gasteiger partial charge is 0.310 e. The Kier molecular flexibility index (Phi) is 4.68. The van der Waals surface area contributed by atoms with E-state index in [1.165, 1.54) is 11.3 Å². The van der Waals surface area contributed by atoms with Gasteiger partial charge >= 0.3 is 5.91 Å². The van der Waals surface area contributed by atoms with Crippen molar-refractivity contribution in [1.29, 1.82) is 0 Å². The maximum absolute atomic E-state index is 12.9. The van der Waals surface area contributed by atoms with E-state index in [1.807, 2.05) is 35.7 Å². The molecule has 4 rings (SSSR count). The summed E-state index contributed by atoms with van der Waals surface area (Å²) in [4.78, 5) is 14.0. The van der Waals surface area contributed by atoms with Crippen LogP contribution in [0.4, 0.5) is 0 Å². The van der Waals surface area contributed by atoms with Gasteiger partial charge in [0.25, 0.3) is 0 Å². The molecule has 3 heterocycles. The summed E-state index contributed by atoms with van der Waals surface area (Å²) >= 11 is 1.61. The summed E-state index contributed by atoms with van der Waals surface area (Å²) < 4.78 is 16.0. The SMILES string of the molecule is COc1ccc(C2=NN(C(=O)c3ccco3)[C@H](c3cccs3)C2)cc1OC. The van der Waals surface area contributed by atoms with E-state index in [0.29, 0.717) is 17.9 Å². The zero-order valence-corrected chi connectivity index (χ0v) is 15.7. The molecule has 1 aliphatic heterocycles. The zero-order chi connectivity index (χ0) is 18.8. The van der Waals surface area contributed by atoms with Crippen LogP contribution < -0.4 is 9.47 Å². The first kappa shape index (κ1) is 17.4. The van der Waals surface area contributed by atoms with E-state index >= 15 is 0 Å². The lowest BCUT2D eigenvalue weighted by Crippen LogP contribution is -2.26. The second kappa shape index (κ2) is 7.28. The largest absolute Gasteiger partial charge is 0.493 e. The molecular formula is C20H18N2O4S. The summed E-state index contributed by atoms with van der Waals surface area (Å²) in [5.74, 6) is 1.29. The maximum Gasteiger partial charge on any atom is 0.310 e. The third-order valence-corrected chi connectivity index (χ3v) is 5.41. The number of hydrazone groups is 1. The number of amides is 1. The van der Waals surface area contributed by atoms with Crippen LogP contribution in [0.1, 0.15) is 33.5 Å². The fourth-order valence-electron chi connectivity index (χ4n) is 3.10. The number of nitrogens with zero attached hydrogens (tertiary/aromatic N) is 2. The van der Waals surface area contributed by atoms with Crippen LogP contribution in [0.15, 0.2) is 63.6 Å². The van der Waals surface area contributed by atoms with Gasteiger partial charge in [-0.2, -0.15) is 5.10 Å². The number of carbonyl (C=O) groups excluding carboxylic acids is 1. The van der Waals surface area contributed by atoms with Gasteiger partial charge in [-0.3, -0.25) is 4.79 Å². The average Bonchev–Trinajstić information content (AvgIpc) is 3.47. The number of ether oxygens (including phenoxy) is 2. The highest BCUT2D eigenvalue weighted by Crippen LogP contribution is 2.37. The van der Waals surface area contributed by atoms with Crippen LogP contribution >= 0.6 is 11.3 Å². The molecule has 1 amide bonds. The molecule has 1 aliphatic rings. The molecular weight excluding hydrogens is 364 g/mol. The lowest BCUT2D eigenvalue weighted by molar-refractivity contribution is 0.0681. The Bertz CT molecular complexity index is 964. The number of rotatable bonds is 5. The predicted octanol–water partition coefficient (Wildman–Crippen LogP) is 4.35. The molecule has 0 aliphatic carbocycles. The highest BCUT2D eigenvalue weighted by atomic mass is 32.1. The van der Waals surface area contributed by atoms with E-state index in [0.717, 1.165) is 16.2 Å². The molecule has 138 valence electrons. The molecule has 1 aromatic carbocycles. The van der Waals surface area contributed by atoms with Crippen molar-refractivity contribution in [3.8, 4) is 11.5 Å². The number of hydrogen-bond donors (Lipinski definition) is 0. The minimum atomic E-state index is -0.256. The lowest BCUT2D eigenvalue weighted by Gasteiger charge is -2.19. The summed E-state index contributed by atoms with van der Waals surface area (Å²) in [6.07, 6.45) is 2.10. The standard InChI is InChI=1S/C20H18N2O4S/c1-24-16-8-7-13(11-18(16)25-2)14-12-15(19-6-4-10-27-19)22(21-14)20(23)17-5-3-9-26-17/h3-11,15H,12H2,1-2H3/t15-/m0/s1. The summed E-state index contributed by atoms with van der Waals surface area (Å²) in [6.45, 7) is 0. The van der Waals surface area contributed by atoms with Gasteiger partial charge < -0.3 is 13.9 Å². The van der Waals surface area contributed by atoms with Crippen molar-refractivity contribution in [1.82, 2.24) is 5.01 Å². The van der Waals surface area contributed by atoms with Gasteiger partial charge in [-0.05, 0) is 41.8 Å². The van der Waals surface area contributed by atoms with E-state index in [-0.39, 0.29) is 17.7 Å². The first-order valence-electron chi connectivity index (χ1n) is 8.41. The van der Waals surface area contributed by atoms with Crippen LogP contribution in [-0.4, -0.2) is 30.8 Å². The van der Waals surface area contributed by atoms with Gasteiger partial charge in [0.05, 0.1) is 32.2 Å². The third-order valence-electron chi connectivity index (χ3n) is 4.44. The van der Waals surface area contributed by atoms with Crippen molar-refractivity contribution in [3.63, 3.8) is 0 Å². The topological polar surface area (TPSA) is 64.3 Å². The van der Waals surface area contributed by atoms with E-state index in [1.54, 1.807) is 37.7 Å². The minimum absolute atomic E-state index is 0.161. The molecule has 6 nitrogen and oxygen atoms in total. The van der Waals surface area contributed by atoms with Crippen molar-refractivity contribution in [3.05, 3.63) is 70.3 Å². The number of hydrogen-bond acceptors (Lipinski definition) is 6. The average molecular weight is 382 g/mol. The van der Waals surface area contributed by atoms with E-state index in [2.05, 4.69) is 5.10 Å². The molecule has 1 atom stereocenters. The summed E-state index contributed by atoms with van der Waals surface area (Å²) in [6, 6.07) is 12.8. The fourth-order valence-corrected chi connectivity index (χ4v) is 3.92. The highest BCUT2D eigenvalue weighted by Gasteiger charge is 2.35. The summed E-state index contributed by atoms with van der Waals surface area (Å²) in [5, 5.41) is 8.14. The maximum atomic E-state index is 12.9. The van der Waals surface area contributed by atoms with Gasteiger partial charge in [-0.25, -0.2) is 5.01 Å². The molecule has 0 saturated carbocycles. The Morgan fingerprint density at radius 1 is 1.19 bits per heavy atom. The van der Waals surface area contributed by atoms with Crippen LogP contribution in [0, 0.1) is 0 Å². The second-order valence-electron chi connectivity index (χ2n) is 5.98. The Morgan fingerprint density at radius 3 is 2.70 bits per heavy atom. The van der Waals surface area contributed by atoms with Gasteiger partial charge in [-0.1, -0.05) is 6.07 Å². The molecule has 0 fully saturated rings. The van der Waals surface area contributed by atoms with Crippen LogP contribution in [-0.2, 0) is 0 Å². The van der Waals surface area contributed by atoms with E-state index in [9.17, 15) is 4.79 Å². The molecule has 27 heavy (non-hydrogen) atoms. The number of thiophene rings is 1. The van der Waals surface area contributed by atoms with Crippen molar-refractivity contribution in [2.75, 3.05) is 14.2 Å². The summed E-state index contributed by atoms with van der Waals surface area (Å²) in [7, 11) is 3.19. The van der Waals surface area contributed by atoms with Gasteiger partial charge in [0.2, 0.25) is 0 Å². The Morgan fingerprint density at radius 2 is 2.04 bits per heavy atom. The van der Waals surface area contributed by atoms with Crippen LogP contribution in [0.25, 0.3) is 0 Å². The number of carbonyl (C=O) groups is 1. The lowest BCUT2D eigenvalue weighted by atomic mass is 10.0. The van der Waals surface area contributed by atoms with E-state index in [4.69, 9.17) is 13.9 Å². The second-order valence-corrected chi connectivity index (χ2v) is 6.96. The van der Waals surface area contributed by atoms with Gasteiger partial charge in [0, 0.05) is 16.9 Å². The summed E-state index contributed by atoms with van der Waals surface area (Å²) in [5.41, 5.74) is 1.71. The molecule has 2 aromatic heterocycles. The molecule has 0 spiro atoms. The Balaban J connectivity index is 1.71. The molecule has 0 unspecified atom stereocenters. The van der Waals surface area contributed by atoms with Crippen molar-refractivity contribution >= 4 is 23.0 Å². The first-order chi connectivity index (χ1) is 13.2. The minimum Gasteiger partial charge on any atom is -0.493 e. The van der Waals surface area contributed by atoms with Crippen molar-refractivity contribution in [2.45, 2.75) is 12.5 Å². The number of furan rings is 1. The molecule has 0 N–H and O–H groups in total. The first-order valence-corrected chi connectivity index (χ1v) is 9.29. The molecule has 3 aromatic rings. The van der Waals surface area contributed by atoms with Gasteiger partial charge in [-0.15, -0.1) is 11.3 Å². The molecule has 0 saturated heterocycles. The zero-order valence-electron chi connectivity index (χ0n) is 14.9. The molecule has 7 heteroatoms. The van der Waals surface area contributed by atoms with Gasteiger partial charge in [0.15, 0.2) is 17.3 Å². The number of benzene rings is 1. The Labute approximate surface area is 160 Å². The number of methoxy groups -OCH3 is 2. The van der Waals surface area contributed by atoms with Gasteiger partial charge in [0.1, 0.15) is 0 Å². The van der Waals surface area contributed by atoms with Crippen LogP contribution in [0.3, 0.4) is 0 Å². The molecule has 0 bridgehead atoms.